The van der Waals surface area contributed by atoms with Gasteiger partial charge in [-0.05, 0) is 164 Å². The molecule has 4 aromatic rings. The van der Waals surface area contributed by atoms with Gasteiger partial charge in [0.2, 0.25) is 0 Å². The van der Waals surface area contributed by atoms with Crippen LogP contribution < -0.4 is 45.7 Å². The smallest absolute Gasteiger partial charge is 0 e. The van der Waals surface area contributed by atoms with Gasteiger partial charge in [-0.25, -0.2) is 0 Å². The maximum Gasteiger partial charge on any atom is 0 e. The Morgan fingerprint density at radius 2 is 0.977 bits per heavy atom. The normalized spacial score (nSPS) is 15.3. The fourth-order valence-corrected chi connectivity index (χ4v) is 7.75. The van der Waals surface area contributed by atoms with Crippen LogP contribution in [0.4, 0.5) is 0 Å². The van der Waals surface area contributed by atoms with Crippen LogP contribution in [0, 0.1) is 27.7 Å². The van der Waals surface area contributed by atoms with Gasteiger partial charge in [0.15, 0.2) is 0 Å². The first-order valence-electron chi connectivity index (χ1n) is 14.8. The zero-order chi connectivity index (χ0) is 27.1. The Hall–Kier alpha value is -2.71. The van der Waals surface area contributed by atoms with E-state index in [4.69, 9.17) is 0 Å². The van der Waals surface area contributed by atoms with Gasteiger partial charge in [0, 0.05) is 25.8 Å². The van der Waals surface area contributed by atoms with Gasteiger partial charge in [0.1, 0.15) is 0 Å². The van der Waals surface area contributed by atoms with Crippen molar-refractivity contribution >= 4 is 44.8 Å². The number of allylic oxidation sites excluding steroid dienone is 8. The van der Waals surface area contributed by atoms with Gasteiger partial charge in [-0.1, -0.05) is 72.9 Å². The second kappa shape index (κ2) is 12.0. The van der Waals surface area contributed by atoms with Crippen LogP contribution in [0.2, 0.25) is 0 Å². The van der Waals surface area contributed by atoms with Crippen LogP contribution in [0.25, 0.3) is 44.8 Å². The van der Waals surface area contributed by atoms with E-state index in [9.17, 15) is 0 Å². The molecule has 4 aliphatic carbocycles. The predicted molar refractivity (Wildman–Crippen MR) is 172 cm³/mol. The molecule has 0 atom stereocenters. The minimum absolute atomic E-state index is 0. The van der Waals surface area contributed by atoms with Crippen molar-refractivity contribution in [1.29, 1.82) is 0 Å². The fourth-order valence-electron chi connectivity index (χ4n) is 7.75. The molecule has 0 spiro atoms. The number of aryl methyl sites for hydroxylation is 6. The number of fused-ring (bicyclic) bond motifs is 8. The van der Waals surface area contributed by atoms with Crippen molar-refractivity contribution in [2.24, 2.45) is 0 Å². The molecule has 43 heavy (non-hydrogen) atoms. The molecule has 0 N–H and O–H groups in total. The molecular formula is C40H34Cl2Hf-2. The van der Waals surface area contributed by atoms with E-state index in [0.29, 0.717) is 0 Å². The summed E-state index contributed by atoms with van der Waals surface area (Å²) in [6.07, 6.45) is 22.6. The molecule has 0 heterocycles. The molecule has 0 nitrogen and oxygen atoms in total. The van der Waals surface area contributed by atoms with Crippen LogP contribution in [-0.2, 0) is 38.7 Å². The van der Waals surface area contributed by atoms with Crippen LogP contribution in [0.15, 0.2) is 84.0 Å². The van der Waals surface area contributed by atoms with Crippen LogP contribution in [0.3, 0.4) is 0 Å². The van der Waals surface area contributed by atoms with Gasteiger partial charge in [0.05, 0.1) is 0 Å². The summed E-state index contributed by atoms with van der Waals surface area (Å²) in [6.45, 7) is 9.21. The Kier molecular flexibility index (Phi) is 8.85. The Bertz CT molecular complexity index is 2080. The monoisotopic (exact) mass is 764 g/mol. The van der Waals surface area contributed by atoms with E-state index < -0.39 is 0 Å². The summed E-state index contributed by atoms with van der Waals surface area (Å²) in [4.78, 5) is 0. The summed E-state index contributed by atoms with van der Waals surface area (Å²) in [5.41, 5.74) is 14.4. The first kappa shape index (κ1) is 31.7. The van der Waals surface area contributed by atoms with E-state index >= 15 is 0 Å². The van der Waals surface area contributed by atoms with Crippen molar-refractivity contribution in [3.8, 4) is 0 Å². The standard InChI is InChI=1S/C40H34.2ClH.Hf/c1-23-13-15-31-25(3)19-35-33-11-7-5-9-27(33)21-37(35)39(31)29(23)17-18-30-24(2)14-16-32-26(4)20-36-34-12-8-6-10-28(34)22-38(36)40(30)32;;;/h5-10,13-16,19-22H,11-12,17-18H2,1-4H3;2*1H;/p-2. The van der Waals surface area contributed by atoms with E-state index in [1.54, 1.807) is 0 Å². The number of halogens is 2. The van der Waals surface area contributed by atoms with Gasteiger partial charge in [-0.2, -0.15) is 0 Å². The minimum Gasteiger partial charge on any atom is -1.00 e. The summed E-state index contributed by atoms with van der Waals surface area (Å²) < 4.78 is 0. The summed E-state index contributed by atoms with van der Waals surface area (Å²) in [7, 11) is 0. The summed E-state index contributed by atoms with van der Waals surface area (Å²) in [6, 6.07) is 14.3. The molecule has 0 amide bonds. The fraction of sp³-hybridized carbons (Fsp3) is 0.200. The quantitative estimate of drug-likeness (QED) is 0.270. The zero-order valence-electron chi connectivity index (χ0n) is 25.2. The van der Waals surface area contributed by atoms with Crippen LogP contribution in [-0.4, -0.2) is 0 Å². The van der Waals surface area contributed by atoms with Crippen LogP contribution in [0.5, 0.6) is 0 Å². The molecule has 0 radical (unpaired) electrons. The summed E-state index contributed by atoms with van der Waals surface area (Å²) in [5, 5.41) is 11.5. The third-order valence-corrected chi connectivity index (χ3v) is 9.82. The van der Waals surface area contributed by atoms with Gasteiger partial charge in [-0.3, -0.25) is 0 Å². The molecule has 0 saturated heterocycles. The van der Waals surface area contributed by atoms with Crippen molar-refractivity contribution < 1.29 is 50.7 Å². The number of benzene rings is 4. The molecule has 4 aromatic carbocycles. The van der Waals surface area contributed by atoms with E-state index in [1.807, 2.05) is 0 Å². The van der Waals surface area contributed by atoms with Gasteiger partial charge in [-0.15, -0.1) is 0 Å². The summed E-state index contributed by atoms with van der Waals surface area (Å²) in [5.74, 6) is 0. The Morgan fingerprint density at radius 1 is 0.558 bits per heavy atom. The van der Waals surface area contributed by atoms with Crippen molar-refractivity contribution in [2.45, 2.75) is 53.4 Å². The van der Waals surface area contributed by atoms with Crippen molar-refractivity contribution in [3.05, 3.63) is 138 Å². The number of hydrogen-bond donors (Lipinski definition) is 0. The van der Waals surface area contributed by atoms with Crippen LogP contribution in [0.1, 0.15) is 46.2 Å². The van der Waals surface area contributed by atoms with Gasteiger partial charge < -0.3 is 24.8 Å². The molecule has 0 aliphatic heterocycles. The Labute approximate surface area is 285 Å². The second-order valence-electron chi connectivity index (χ2n) is 12.1. The van der Waals surface area contributed by atoms with Crippen molar-refractivity contribution in [2.75, 3.05) is 0 Å². The van der Waals surface area contributed by atoms with Crippen LogP contribution >= 0.6 is 0 Å². The molecule has 0 fully saturated rings. The molecule has 4 aliphatic rings. The SMILES string of the molecule is Cc1ccc2c(C)cc3c(c2c1CCc1c(C)ccc2c(C)cc4c(c12)=CC1=CC=CCC=41)=CC1=CC=CCC=31.[Cl-].[Cl-].[Hf]. The van der Waals surface area contributed by atoms with Gasteiger partial charge >= 0.3 is 0 Å². The van der Waals surface area contributed by atoms with E-state index in [0.717, 1.165) is 25.7 Å². The second-order valence-corrected chi connectivity index (χ2v) is 12.1. The van der Waals surface area contributed by atoms with E-state index in [2.05, 4.69) is 113 Å². The maximum absolute atomic E-state index is 2.45. The summed E-state index contributed by atoms with van der Waals surface area (Å²) >= 11 is 0. The molecule has 214 valence electrons. The third-order valence-electron chi connectivity index (χ3n) is 9.82. The first-order chi connectivity index (χ1) is 19.5. The van der Waals surface area contributed by atoms with E-state index in [-0.39, 0.29) is 50.7 Å². The predicted octanol–water partition coefficient (Wildman–Crippen LogP) is 0.680. The average molecular weight is 764 g/mol. The first-order valence-corrected chi connectivity index (χ1v) is 14.8. The largest absolute Gasteiger partial charge is 1.00 e. The van der Waals surface area contributed by atoms with Gasteiger partial charge in [0.25, 0.3) is 0 Å². The maximum atomic E-state index is 2.45. The topological polar surface area (TPSA) is 0 Å². The van der Waals surface area contributed by atoms with Crippen molar-refractivity contribution in [3.63, 3.8) is 0 Å². The molecule has 3 heteroatoms. The molecule has 0 bridgehead atoms. The van der Waals surface area contributed by atoms with E-state index in [1.165, 1.54) is 98.1 Å². The molecule has 0 aromatic heterocycles. The van der Waals surface area contributed by atoms with Crippen molar-refractivity contribution in [1.82, 2.24) is 0 Å². The number of hydrogen-bond acceptors (Lipinski definition) is 0. The molecule has 8 rings (SSSR count). The minimum atomic E-state index is 0. The Morgan fingerprint density at radius 3 is 1.40 bits per heavy atom. The third kappa shape index (κ3) is 4.84. The average Bonchev–Trinajstić information content (AvgIpc) is 3.51. The molecule has 0 saturated carbocycles. The zero-order valence-corrected chi connectivity index (χ0v) is 30.3. The molecule has 0 unspecified atom stereocenters. The number of rotatable bonds is 3. The Balaban J connectivity index is 0.00000123. The molecular weight excluding hydrogens is 730 g/mol.